The summed E-state index contributed by atoms with van der Waals surface area (Å²) in [6.07, 6.45) is 76.0. The zero-order valence-electron chi connectivity index (χ0n) is 49.2. The van der Waals surface area contributed by atoms with Crippen molar-refractivity contribution in [2.75, 3.05) is 13.2 Å². The molecule has 0 spiro atoms. The minimum atomic E-state index is -0.781. The van der Waals surface area contributed by atoms with Crippen molar-refractivity contribution in [3.8, 4) is 0 Å². The van der Waals surface area contributed by atoms with Crippen molar-refractivity contribution in [3.63, 3.8) is 0 Å². The van der Waals surface area contributed by atoms with Gasteiger partial charge in [0.25, 0.3) is 0 Å². The molecular weight excluding hydrogens is 901 g/mol. The smallest absolute Gasteiger partial charge is 0.306 e. The highest BCUT2D eigenvalue weighted by Crippen LogP contribution is 2.18. The molecule has 0 amide bonds. The van der Waals surface area contributed by atoms with E-state index in [1.165, 1.54) is 231 Å². The Balaban J connectivity index is 4.25. The molecule has 0 aliphatic carbocycles. The summed E-state index contributed by atoms with van der Waals surface area (Å²) in [5.74, 6) is -0.881. The van der Waals surface area contributed by atoms with Gasteiger partial charge in [-0.2, -0.15) is 0 Å². The Labute approximate surface area is 455 Å². The van der Waals surface area contributed by atoms with E-state index in [9.17, 15) is 14.4 Å². The van der Waals surface area contributed by atoms with Gasteiger partial charge in [0.05, 0.1) is 0 Å². The summed E-state index contributed by atoms with van der Waals surface area (Å²) in [4.78, 5) is 38.3. The van der Waals surface area contributed by atoms with Crippen molar-refractivity contribution in [3.05, 3.63) is 36.5 Å². The van der Waals surface area contributed by atoms with Crippen molar-refractivity contribution in [2.24, 2.45) is 0 Å². The zero-order chi connectivity index (χ0) is 52.9. The number of unbranched alkanes of at least 4 members (excludes halogenated alkanes) is 43. The quantitative estimate of drug-likeness (QED) is 0.0261. The molecule has 6 nitrogen and oxygen atoms in total. The number of carbonyl (C=O) groups is 3. The van der Waals surface area contributed by atoms with E-state index in [0.717, 1.165) is 83.5 Å². The van der Waals surface area contributed by atoms with Crippen LogP contribution >= 0.6 is 0 Å². The number of ether oxygens (including phenoxy) is 3. The molecule has 0 N–H and O–H groups in total. The zero-order valence-corrected chi connectivity index (χ0v) is 49.2. The van der Waals surface area contributed by atoms with Gasteiger partial charge in [0.2, 0.25) is 0 Å². The Bertz CT molecular complexity index is 1220. The van der Waals surface area contributed by atoms with E-state index in [0.29, 0.717) is 19.3 Å². The van der Waals surface area contributed by atoms with Crippen molar-refractivity contribution in [1.82, 2.24) is 0 Å². The largest absolute Gasteiger partial charge is 0.462 e. The van der Waals surface area contributed by atoms with Crippen LogP contribution in [0.2, 0.25) is 0 Å². The van der Waals surface area contributed by atoms with Gasteiger partial charge in [-0.05, 0) is 51.4 Å². The first-order chi connectivity index (χ1) is 36.0. The van der Waals surface area contributed by atoms with E-state index >= 15 is 0 Å². The van der Waals surface area contributed by atoms with Crippen LogP contribution < -0.4 is 0 Å². The molecule has 0 radical (unpaired) electrons. The Morgan fingerprint density at radius 2 is 0.534 bits per heavy atom. The molecule has 0 bridgehead atoms. The molecule has 0 rings (SSSR count). The van der Waals surface area contributed by atoms with Gasteiger partial charge in [-0.15, -0.1) is 0 Å². The molecule has 0 aromatic heterocycles. The molecule has 1 unspecified atom stereocenters. The number of rotatable bonds is 60. The predicted octanol–water partition coefficient (Wildman–Crippen LogP) is 22.0. The van der Waals surface area contributed by atoms with Gasteiger partial charge >= 0.3 is 17.9 Å². The lowest BCUT2D eigenvalue weighted by atomic mass is 10.0. The van der Waals surface area contributed by atoms with Crippen LogP contribution in [0.4, 0.5) is 0 Å². The monoisotopic (exact) mass is 1020 g/mol. The molecule has 0 aromatic carbocycles. The topological polar surface area (TPSA) is 78.9 Å². The summed E-state index contributed by atoms with van der Waals surface area (Å²) in [7, 11) is 0. The van der Waals surface area contributed by atoms with Gasteiger partial charge in [0, 0.05) is 19.3 Å². The van der Waals surface area contributed by atoms with E-state index in [-0.39, 0.29) is 31.1 Å². The second kappa shape index (κ2) is 62.2. The Morgan fingerprint density at radius 3 is 0.836 bits per heavy atom. The van der Waals surface area contributed by atoms with E-state index < -0.39 is 6.10 Å². The lowest BCUT2D eigenvalue weighted by molar-refractivity contribution is -0.167. The van der Waals surface area contributed by atoms with Crippen LogP contribution in [-0.2, 0) is 28.6 Å². The first kappa shape index (κ1) is 70.6. The third-order valence-corrected chi connectivity index (χ3v) is 14.7. The fourth-order valence-corrected chi connectivity index (χ4v) is 9.81. The maximum atomic E-state index is 12.9. The van der Waals surface area contributed by atoms with Crippen LogP contribution in [0, 0.1) is 0 Å². The van der Waals surface area contributed by atoms with E-state index in [1.807, 2.05) is 0 Å². The summed E-state index contributed by atoms with van der Waals surface area (Å²) in [5.41, 5.74) is 0. The van der Waals surface area contributed by atoms with Crippen LogP contribution in [0.1, 0.15) is 355 Å². The van der Waals surface area contributed by atoms with Gasteiger partial charge in [-0.3, -0.25) is 14.4 Å². The van der Waals surface area contributed by atoms with Crippen LogP contribution in [0.25, 0.3) is 0 Å². The average molecular weight is 1030 g/mol. The van der Waals surface area contributed by atoms with Crippen LogP contribution in [0.3, 0.4) is 0 Å². The number of carbonyl (C=O) groups excluding carboxylic acids is 3. The molecule has 0 aliphatic rings. The second-order valence-electron chi connectivity index (χ2n) is 22.0. The highest BCUT2D eigenvalue weighted by Gasteiger charge is 2.19. The fraction of sp³-hybridized carbons (Fsp3) is 0.866. The maximum absolute atomic E-state index is 12.9. The number of hydrogen-bond acceptors (Lipinski definition) is 6. The fourth-order valence-electron chi connectivity index (χ4n) is 9.81. The van der Waals surface area contributed by atoms with Crippen LogP contribution in [0.15, 0.2) is 36.5 Å². The van der Waals surface area contributed by atoms with Gasteiger partial charge in [-0.1, -0.05) is 320 Å². The molecule has 0 aromatic rings. The number of allylic oxidation sites excluding steroid dienone is 6. The van der Waals surface area contributed by atoms with E-state index in [2.05, 4.69) is 57.2 Å². The highest BCUT2D eigenvalue weighted by molar-refractivity contribution is 5.71. The standard InChI is InChI=1S/C67H124O6/c1-4-7-10-13-16-19-22-25-27-29-31-32-33-34-35-36-38-39-42-45-48-51-54-57-60-66(69)72-63-64(62-71-65(68)59-56-53-50-47-44-41-24-21-18-15-12-9-6-3)73-67(70)61-58-55-52-49-46-43-40-37-30-28-26-23-20-17-14-11-8-5-2/h9,12,18,21,41,44,64H,4-8,10-11,13-17,19-20,22-40,42-43,45-63H2,1-3H3/b12-9-,21-18-,44-41-. The average Bonchev–Trinajstić information content (AvgIpc) is 3.39. The number of esters is 3. The summed E-state index contributed by atoms with van der Waals surface area (Å²) < 4.78 is 16.9. The summed E-state index contributed by atoms with van der Waals surface area (Å²) in [6, 6.07) is 0. The maximum Gasteiger partial charge on any atom is 0.306 e. The van der Waals surface area contributed by atoms with Crippen molar-refractivity contribution in [2.45, 2.75) is 361 Å². The SMILES string of the molecule is CC/C=C\C/C=C\C/C=C\CCCCCC(=O)OCC(COC(=O)CCCCCCCCCCCCCCCCCCCCCCCCCC)OC(=O)CCCCCCCCCCCCCCCCCCCC. The molecule has 0 saturated heterocycles. The minimum Gasteiger partial charge on any atom is -0.462 e. The third-order valence-electron chi connectivity index (χ3n) is 14.7. The summed E-state index contributed by atoms with van der Waals surface area (Å²) >= 11 is 0. The Kier molecular flexibility index (Phi) is 60.2. The molecule has 428 valence electrons. The molecule has 6 heteroatoms. The molecule has 0 saturated carbocycles. The van der Waals surface area contributed by atoms with Gasteiger partial charge in [0.15, 0.2) is 6.10 Å². The molecule has 0 fully saturated rings. The Hall–Kier alpha value is -2.37. The lowest BCUT2D eigenvalue weighted by Gasteiger charge is -2.18. The Morgan fingerprint density at radius 1 is 0.288 bits per heavy atom. The van der Waals surface area contributed by atoms with Gasteiger partial charge in [0.1, 0.15) is 13.2 Å². The summed E-state index contributed by atoms with van der Waals surface area (Å²) in [6.45, 7) is 6.57. The van der Waals surface area contributed by atoms with Crippen LogP contribution in [-0.4, -0.2) is 37.2 Å². The molecule has 0 heterocycles. The van der Waals surface area contributed by atoms with Crippen LogP contribution in [0.5, 0.6) is 0 Å². The molecular formula is C67H124O6. The molecule has 73 heavy (non-hydrogen) atoms. The van der Waals surface area contributed by atoms with Crippen molar-refractivity contribution >= 4 is 17.9 Å². The second-order valence-corrected chi connectivity index (χ2v) is 22.0. The van der Waals surface area contributed by atoms with Crippen molar-refractivity contribution in [1.29, 1.82) is 0 Å². The molecule has 0 aliphatic heterocycles. The number of hydrogen-bond donors (Lipinski definition) is 0. The normalized spacial score (nSPS) is 12.2. The van der Waals surface area contributed by atoms with Gasteiger partial charge < -0.3 is 14.2 Å². The van der Waals surface area contributed by atoms with E-state index in [1.54, 1.807) is 0 Å². The summed E-state index contributed by atoms with van der Waals surface area (Å²) in [5, 5.41) is 0. The first-order valence-electron chi connectivity index (χ1n) is 32.5. The first-order valence-corrected chi connectivity index (χ1v) is 32.5. The van der Waals surface area contributed by atoms with Crippen molar-refractivity contribution < 1.29 is 28.6 Å². The van der Waals surface area contributed by atoms with Gasteiger partial charge in [-0.25, -0.2) is 0 Å². The predicted molar refractivity (Wildman–Crippen MR) is 316 cm³/mol. The lowest BCUT2D eigenvalue weighted by Crippen LogP contribution is -2.30. The van der Waals surface area contributed by atoms with E-state index in [4.69, 9.17) is 14.2 Å². The molecule has 1 atom stereocenters. The minimum absolute atomic E-state index is 0.0760. The highest BCUT2D eigenvalue weighted by atomic mass is 16.6. The third kappa shape index (κ3) is 60.4.